The summed E-state index contributed by atoms with van der Waals surface area (Å²) < 4.78 is 14.0. The highest BCUT2D eigenvalue weighted by molar-refractivity contribution is 7.22. The fourth-order valence-corrected chi connectivity index (χ4v) is 8.85. The minimum atomic E-state index is 0.851. The third kappa shape index (κ3) is 5.01. The second kappa shape index (κ2) is 12.3. The molecule has 3 heterocycles. The summed E-state index contributed by atoms with van der Waals surface area (Å²) in [5.41, 5.74) is 13.3. The molecule has 0 saturated heterocycles. The summed E-state index contributed by atoms with van der Waals surface area (Å²) in [4.78, 5) is 7.35. The van der Waals surface area contributed by atoms with Gasteiger partial charge in [-0.3, -0.25) is 0 Å². The van der Waals surface area contributed by atoms with Crippen molar-refractivity contribution in [1.29, 1.82) is 0 Å². The second-order valence-electron chi connectivity index (χ2n) is 13.5. The number of fused-ring (bicyclic) bond motifs is 8. The van der Waals surface area contributed by atoms with Gasteiger partial charge >= 0.3 is 0 Å². The molecule has 0 saturated carbocycles. The van der Waals surface area contributed by atoms with Crippen molar-refractivity contribution in [3.8, 4) is 32.8 Å². The van der Waals surface area contributed by atoms with Gasteiger partial charge in [-0.05, 0) is 77.4 Å². The number of anilines is 3. The Hall–Kier alpha value is -6.95. The normalized spacial score (nSPS) is 11.7. The predicted molar refractivity (Wildman–Crippen MR) is 225 cm³/mol. The number of aromatic nitrogens is 1. The van der Waals surface area contributed by atoms with Crippen LogP contribution in [0.15, 0.2) is 191 Å². The SMILES string of the molecule is c1ccc(-c2ccc(N(c3ccc(-c4cccc5c4oc4ccccc45)cc3)c3ccc4oc5ccc6nc(-c7ccccc7)sc6c5c4c3)cc2)cc1. The first-order chi connectivity index (χ1) is 26.7. The van der Waals surface area contributed by atoms with Crippen LogP contribution in [0.5, 0.6) is 0 Å². The van der Waals surface area contributed by atoms with Crippen molar-refractivity contribution < 1.29 is 8.83 Å². The van der Waals surface area contributed by atoms with E-state index in [4.69, 9.17) is 13.8 Å². The maximum absolute atomic E-state index is 6.46. The van der Waals surface area contributed by atoms with Crippen molar-refractivity contribution in [1.82, 2.24) is 4.98 Å². The number of hydrogen-bond acceptors (Lipinski definition) is 5. The monoisotopic (exact) mass is 710 g/mol. The van der Waals surface area contributed by atoms with Crippen LogP contribution in [0.1, 0.15) is 0 Å². The Morgan fingerprint density at radius 1 is 0.426 bits per heavy atom. The summed E-state index contributed by atoms with van der Waals surface area (Å²) in [5.74, 6) is 0. The maximum Gasteiger partial charge on any atom is 0.143 e. The molecule has 0 aliphatic heterocycles. The maximum atomic E-state index is 6.46. The van der Waals surface area contributed by atoms with Crippen LogP contribution in [0.3, 0.4) is 0 Å². The van der Waals surface area contributed by atoms with E-state index in [0.29, 0.717) is 0 Å². The molecule has 0 aliphatic rings. The standard InChI is InChI=1S/C49H30N2O2S/c1-3-10-31(11-4-1)32-18-22-35(23-19-32)51(36-24-20-33(21-25-36)38-15-9-16-40-39-14-7-8-17-43(39)53-47(38)40)37-26-28-44-41(30-37)46-45(52-44)29-27-42-48(46)54-49(50-42)34-12-5-2-6-13-34/h1-30H. The molecule has 0 fully saturated rings. The number of thiazole rings is 1. The van der Waals surface area contributed by atoms with Gasteiger partial charge in [0, 0.05) is 49.7 Å². The van der Waals surface area contributed by atoms with Gasteiger partial charge in [-0.2, -0.15) is 0 Å². The minimum Gasteiger partial charge on any atom is -0.456 e. The highest BCUT2D eigenvalue weighted by Crippen LogP contribution is 2.44. The van der Waals surface area contributed by atoms with Gasteiger partial charge in [-0.1, -0.05) is 121 Å². The Labute approximate surface area is 314 Å². The van der Waals surface area contributed by atoms with E-state index < -0.39 is 0 Å². The van der Waals surface area contributed by atoms with Gasteiger partial charge in [0.1, 0.15) is 27.3 Å². The van der Waals surface area contributed by atoms with Crippen molar-refractivity contribution in [2.75, 3.05) is 4.90 Å². The molecule has 54 heavy (non-hydrogen) atoms. The minimum absolute atomic E-state index is 0.851. The molecule has 254 valence electrons. The Morgan fingerprint density at radius 3 is 1.81 bits per heavy atom. The molecule has 5 heteroatoms. The van der Waals surface area contributed by atoms with Crippen molar-refractivity contribution in [3.05, 3.63) is 182 Å². The first-order valence-corrected chi connectivity index (χ1v) is 18.8. The third-order valence-electron chi connectivity index (χ3n) is 10.3. The lowest BCUT2D eigenvalue weighted by molar-refractivity contribution is 0.669. The third-order valence-corrected chi connectivity index (χ3v) is 11.5. The lowest BCUT2D eigenvalue weighted by Crippen LogP contribution is -2.09. The predicted octanol–water partition coefficient (Wildman–Crippen LogP) is 14.6. The number of furan rings is 2. The van der Waals surface area contributed by atoms with Crippen LogP contribution >= 0.6 is 11.3 Å². The fourth-order valence-electron chi connectivity index (χ4n) is 7.72. The molecule has 0 unspecified atom stereocenters. The summed E-state index contributed by atoms with van der Waals surface area (Å²) in [6.07, 6.45) is 0. The molecule has 0 spiro atoms. The molecular formula is C49H30N2O2S. The molecule has 11 rings (SSSR count). The zero-order valence-corrected chi connectivity index (χ0v) is 29.8. The van der Waals surface area contributed by atoms with E-state index in [2.05, 4.69) is 163 Å². The Morgan fingerprint density at radius 2 is 1.04 bits per heavy atom. The van der Waals surface area contributed by atoms with E-state index in [-0.39, 0.29) is 0 Å². The summed E-state index contributed by atoms with van der Waals surface area (Å²) in [7, 11) is 0. The number of hydrogen-bond donors (Lipinski definition) is 0. The van der Waals surface area contributed by atoms with Gasteiger partial charge in [0.25, 0.3) is 0 Å². The molecule has 0 amide bonds. The van der Waals surface area contributed by atoms with Gasteiger partial charge in [0.15, 0.2) is 0 Å². The summed E-state index contributed by atoms with van der Waals surface area (Å²) in [6.45, 7) is 0. The van der Waals surface area contributed by atoms with Crippen molar-refractivity contribution in [2.24, 2.45) is 0 Å². The molecule has 0 atom stereocenters. The zero-order valence-electron chi connectivity index (χ0n) is 28.9. The van der Waals surface area contributed by atoms with Crippen LogP contribution in [0.25, 0.3) is 86.9 Å². The highest BCUT2D eigenvalue weighted by atomic mass is 32.1. The van der Waals surface area contributed by atoms with Crippen LogP contribution in [-0.2, 0) is 0 Å². The number of para-hydroxylation sites is 2. The molecule has 0 bridgehead atoms. The van der Waals surface area contributed by atoms with Crippen LogP contribution in [0.4, 0.5) is 17.1 Å². The fraction of sp³-hybridized carbons (Fsp3) is 0. The average molecular weight is 711 g/mol. The second-order valence-corrected chi connectivity index (χ2v) is 14.5. The van der Waals surface area contributed by atoms with E-state index in [1.54, 1.807) is 11.3 Å². The lowest BCUT2D eigenvalue weighted by atomic mass is 10.0. The molecule has 3 aromatic heterocycles. The molecule has 8 aromatic carbocycles. The Balaban J connectivity index is 1.06. The lowest BCUT2D eigenvalue weighted by Gasteiger charge is -2.26. The van der Waals surface area contributed by atoms with Crippen molar-refractivity contribution in [3.63, 3.8) is 0 Å². The first-order valence-electron chi connectivity index (χ1n) is 18.0. The van der Waals surface area contributed by atoms with Gasteiger partial charge < -0.3 is 13.7 Å². The largest absolute Gasteiger partial charge is 0.456 e. The average Bonchev–Trinajstić information content (AvgIpc) is 3.95. The van der Waals surface area contributed by atoms with Gasteiger partial charge in [-0.15, -0.1) is 11.3 Å². The molecule has 0 N–H and O–H groups in total. The van der Waals surface area contributed by atoms with Crippen molar-refractivity contribution in [2.45, 2.75) is 0 Å². The van der Waals surface area contributed by atoms with Gasteiger partial charge in [-0.25, -0.2) is 4.98 Å². The molecule has 0 radical (unpaired) electrons. The molecule has 0 aliphatic carbocycles. The van der Waals surface area contributed by atoms with E-state index in [1.165, 1.54) is 11.1 Å². The first kappa shape index (κ1) is 30.7. The summed E-state index contributed by atoms with van der Waals surface area (Å²) in [5, 5.41) is 5.42. The van der Waals surface area contributed by atoms with Crippen molar-refractivity contribution >= 4 is 82.5 Å². The zero-order chi connectivity index (χ0) is 35.6. The van der Waals surface area contributed by atoms with E-state index in [1.807, 2.05) is 24.3 Å². The molecule has 4 nitrogen and oxygen atoms in total. The Bertz CT molecular complexity index is 3140. The smallest absolute Gasteiger partial charge is 0.143 e. The number of rotatable bonds is 6. The van der Waals surface area contributed by atoms with E-state index >= 15 is 0 Å². The highest BCUT2D eigenvalue weighted by Gasteiger charge is 2.20. The van der Waals surface area contributed by atoms with Crippen LogP contribution in [0.2, 0.25) is 0 Å². The van der Waals surface area contributed by atoms with Crippen LogP contribution < -0.4 is 4.90 Å². The summed E-state index contributed by atoms with van der Waals surface area (Å²) >= 11 is 1.71. The quantitative estimate of drug-likeness (QED) is 0.172. The van der Waals surface area contributed by atoms with E-state index in [0.717, 1.165) is 92.9 Å². The van der Waals surface area contributed by atoms with Gasteiger partial charge in [0.2, 0.25) is 0 Å². The van der Waals surface area contributed by atoms with Crippen LogP contribution in [-0.4, -0.2) is 4.98 Å². The number of benzene rings is 8. The summed E-state index contributed by atoms with van der Waals surface area (Å²) in [6, 6.07) is 63.7. The van der Waals surface area contributed by atoms with Crippen LogP contribution in [0, 0.1) is 0 Å². The van der Waals surface area contributed by atoms with E-state index in [9.17, 15) is 0 Å². The molecule has 11 aromatic rings. The number of nitrogens with zero attached hydrogens (tertiary/aromatic N) is 2. The van der Waals surface area contributed by atoms with Gasteiger partial charge in [0.05, 0.1) is 10.2 Å². The Kier molecular flexibility index (Phi) is 7.00. The molecular weight excluding hydrogens is 681 g/mol. The topological polar surface area (TPSA) is 42.4 Å².